The first-order valence-corrected chi connectivity index (χ1v) is 11.2. The van der Waals surface area contributed by atoms with Crippen molar-refractivity contribution >= 4 is 0 Å². The van der Waals surface area contributed by atoms with Gasteiger partial charge < -0.3 is 9.47 Å². The van der Waals surface area contributed by atoms with Crippen LogP contribution >= 0.6 is 0 Å². The minimum absolute atomic E-state index is 0.215. The summed E-state index contributed by atoms with van der Waals surface area (Å²) >= 11 is 0. The minimum Gasteiger partial charge on any atom is -0.429 e. The van der Waals surface area contributed by atoms with Gasteiger partial charge in [0.05, 0.1) is 0 Å². The average molecular weight is 538 g/mol. The summed E-state index contributed by atoms with van der Waals surface area (Å²) in [5, 5.41) is 0. The number of rotatable bonds is 7. The van der Waals surface area contributed by atoms with Gasteiger partial charge in [0.25, 0.3) is 0 Å². The molecule has 0 aliphatic heterocycles. The molecule has 0 aromatic heterocycles. The van der Waals surface area contributed by atoms with E-state index in [4.69, 9.17) is 0 Å². The highest BCUT2D eigenvalue weighted by molar-refractivity contribution is 5.71. The molecule has 0 aliphatic carbocycles. The topological polar surface area (TPSA) is 18.5 Å². The number of benzene rings is 4. The van der Waals surface area contributed by atoms with E-state index in [9.17, 15) is 35.1 Å². The van der Waals surface area contributed by atoms with Gasteiger partial charge in [-0.1, -0.05) is 43.3 Å². The largest absolute Gasteiger partial charge is 0.573 e. The second-order valence-electron chi connectivity index (χ2n) is 8.20. The molecule has 2 nitrogen and oxygen atoms in total. The van der Waals surface area contributed by atoms with Crippen LogP contribution in [0.4, 0.5) is 35.1 Å². The summed E-state index contributed by atoms with van der Waals surface area (Å²) in [6.45, 7) is 1.99. The van der Waals surface area contributed by atoms with Gasteiger partial charge >= 0.3 is 12.5 Å². The Balaban J connectivity index is 1.58. The maximum Gasteiger partial charge on any atom is 0.573 e. The lowest BCUT2D eigenvalue weighted by Gasteiger charge is -2.20. The molecule has 0 amide bonds. The van der Waals surface area contributed by atoms with Crippen LogP contribution in [0, 0.1) is 17.5 Å². The Hall–Kier alpha value is -4.08. The predicted octanol–water partition coefficient (Wildman–Crippen LogP) is 9.03. The monoisotopic (exact) mass is 538 g/mol. The van der Waals surface area contributed by atoms with Gasteiger partial charge in [-0.05, 0) is 71.1 Å². The van der Waals surface area contributed by atoms with E-state index in [1.165, 1.54) is 18.2 Å². The summed E-state index contributed by atoms with van der Waals surface area (Å²) in [6, 6.07) is 15.3. The van der Waals surface area contributed by atoms with Crippen LogP contribution in [0.25, 0.3) is 22.3 Å². The summed E-state index contributed by atoms with van der Waals surface area (Å²) in [5.74, 6) is -5.62. The van der Waals surface area contributed by atoms with Crippen molar-refractivity contribution in [1.29, 1.82) is 0 Å². The molecule has 38 heavy (non-hydrogen) atoms. The zero-order valence-corrected chi connectivity index (χ0v) is 19.6. The molecule has 0 atom stereocenters. The summed E-state index contributed by atoms with van der Waals surface area (Å²) in [6.07, 6.45) is -8.72. The van der Waals surface area contributed by atoms with Gasteiger partial charge in [-0.3, -0.25) is 0 Å². The normalized spacial score (nSPS) is 11.9. The van der Waals surface area contributed by atoms with E-state index < -0.39 is 47.0 Å². The minimum atomic E-state index is -5.00. The maximum atomic E-state index is 14.9. The number of halogens is 8. The third-order valence-electron chi connectivity index (χ3n) is 5.61. The van der Waals surface area contributed by atoms with Crippen LogP contribution in [0.15, 0.2) is 78.9 Å². The lowest BCUT2D eigenvalue weighted by Crippen LogP contribution is -2.25. The van der Waals surface area contributed by atoms with Gasteiger partial charge in [0.1, 0.15) is 34.5 Å². The average Bonchev–Trinajstić information content (AvgIpc) is 2.83. The summed E-state index contributed by atoms with van der Waals surface area (Å²) in [4.78, 5) is 0. The lowest BCUT2D eigenvalue weighted by atomic mass is 9.97. The van der Waals surface area contributed by atoms with E-state index >= 15 is 0 Å². The van der Waals surface area contributed by atoms with E-state index in [1.807, 2.05) is 19.1 Å². The highest BCUT2D eigenvalue weighted by atomic mass is 19.4. The molecule has 0 aliphatic rings. The van der Waals surface area contributed by atoms with Crippen molar-refractivity contribution in [3.63, 3.8) is 0 Å². The van der Waals surface area contributed by atoms with E-state index in [-0.39, 0.29) is 11.1 Å². The smallest absolute Gasteiger partial charge is 0.429 e. The second-order valence-corrected chi connectivity index (χ2v) is 8.20. The lowest BCUT2D eigenvalue weighted by molar-refractivity contribution is -0.274. The Morgan fingerprint density at radius 1 is 0.579 bits per heavy atom. The quantitative estimate of drug-likeness (QED) is 0.219. The van der Waals surface area contributed by atoms with Gasteiger partial charge in [0, 0.05) is 5.56 Å². The van der Waals surface area contributed by atoms with Gasteiger partial charge in [-0.15, -0.1) is 13.2 Å². The molecule has 0 saturated carbocycles. The first kappa shape index (κ1) is 27.0. The number of ether oxygens (including phenoxy) is 2. The van der Waals surface area contributed by atoms with E-state index in [2.05, 4.69) is 9.47 Å². The molecule has 10 heteroatoms. The second kappa shape index (κ2) is 10.4. The molecule has 0 N–H and O–H groups in total. The van der Waals surface area contributed by atoms with Crippen molar-refractivity contribution in [2.75, 3.05) is 0 Å². The molecule has 0 heterocycles. The molecule has 0 unspecified atom stereocenters. The van der Waals surface area contributed by atoms with Crippen molar-refractivity contribution in [1.82, 2.24) is 0 Å². The predicted molar refractivity (Wildman–Crippen MR) is 124 cm³/mol. The van der Waals surface area contributed by atoms with Crippen molar-refractivity contribution in [2.45, 2.75) is 25.8 Å². The molecule has 0 spiro atoms. The highest BCUT2D eigenvalue weighted by Crippen LogP contribution is 2.38. The van der Waals surface area contributed by atoms with Crippen LogP contribution < -0.4 is 9.47 Å². The third kappa shape index (κ3) is 6.07. The molecule has 0 fully saturated rings. The van der Waals surface area contributed by atoms with Gasteiger partial charge in [-0.2, -0.15) is 8.78 Å². The zero-order valence-electron chi connectivity index (χ0n) is 19.6. The fraction of sp³-hybridized carbons (Fsp3) is 0.143. The van der Waals surface area contributed by atoms with E-state index in [0.717, 1.165) is 17.5 Å². The Labute approximate surface area is 212 Å². The van der Waals surface area contributed by atoms with Crippen LogP contribution in [-0.4, -0.2) is 6.36 Å². The van der Waals surface area contributed by atoms with Crippen LogP contribution in [0.5, 0.6) is 11.5 Å². The first-order valence-electron chi connectivity index (χ1n) is 11.2. The molecule has 4 aromatic carbocycles. The number of hydrogen-bond donors (Lipinski definition) is 0. The van der Waals surface area contributed by atoms with Gasteiger partial charge in [-0.25, -0.2) is 13.2 Å². The van der Waals surface area contributed by atoms with E-state index in [0.29, 0.717) is 42.0 Å². The summed E-state index contributed by atoms with van der Waals surface area (Å²) in [7, 11) is 0. The highest BCUT2D eigenvalue weighted by Gasteiger charge is 2.41. The molecule has 198 valence electrons. The fourth-order valence-electron chi connectivity index (χ4n) is 3.78. The number of hydrogen-bond acceptors (Lipinski definition) is 2. The number of aryl methyl sites for hydroxylation is 1. The van der Waals surface area contributed by atoms with Crippen molar-refractivity contribution in [3.05, 3.63) is 107 Å². The van der Waals surface area contributed by atoms with Crippen LogP contribution in [-0.2, 0) is 12.5 Å². The van der Waals surface area contributed by atoms with Gasteiger partial charge in [0.2, 0.25) is 0 Å². The third-order valence-corrected chi connectivity index (χ3v) is 5.61. The first-order chi connectivity index (χ1) is 17.9. The van der Waals surface area contributed by atoms with Crippen LogP contribution in [0.3, 0.4) is 0 Å². The summed E-state index contributed by atoms with van der Waals surface area (Å²) < 4.78 is 118. The van der Waals surface area contributed by atoms with Crippen LogP contribution in [0.2, 0.25) is 0 Å². The van der Waals surface area contributed by atoms with Crippen molar-refractivity contribution in [2.24, 2.45) is 0 Å². The Morgan fingerprint density at radius 2 is 1.08 bits per heavy atom. The Morgan fingerprint density at radius 3 is 1.58 bits per heavy atom. The van der Waals surface area contributed by atoms with Crippen molar-refractivity contribution in [3.8, 4) is 33.8 Å². The van der Waals surface area contributed by atoms with Crippen molar-refractivity contribution < 1.29 is 44.6 Å². The molecular formula is C28H18F8O2. The fourth-order valence-corrected chi connectivity index (χ4v) is 3.78. The van der Waals surface area contributed by atoms with Crippen LogP contribution in [0.1, 0.15) is 18.1 Å². The Kier molecular flexibility index (Phi) is 7.35. The molecule has 4 rings (SSSR count). The molecule has 0 radical (unpaired) electrons. The standard InChI is InChI=1S/C28H18F8O2/c1-2-16-3-5-17(6-4-16)18-7-12-22(23(29)13-18)19-14-24(30)26(25(31)15-19)27(32,33)37-20-8-10-21(11-9-20)38-28(34,35)36/h3-15H,2H2,1H3. The van der Waals surface area contributed by atoms with E-state index in [1.54, 1.807) is 12.1 Å². The molecular weight excluding hydrogens is 520 g/mol. The zero-order chi connectivity index (χ0) is 27.7. The Bertz CT molecular complexity index is 1410. The van der Waals surface area contributed by atoms with Gasteiger partial charge in [0.15, 0.2) is 0 Å². The molecule has 0 saturated heterocycles. The molecule has 0 bridgehead atoms. The summed E-state index contributed by atoms with van der Waals surface area (Å²) in [5.41, 5.74) is 0.0367. The molecule has 4 aromatic rings. The maximum absolute atomic E-state index is 14.9. The number of alkyl halides is 5. The SMILES string of the molecule is CCc1ccc(-c2ccc(-c3cc(F)c(C(F)(F)Oc4ccc(OC(F)(F)F)cc4)c(F)c3)c(F)c2)cc1.